The minimum atomic E-state index is -2.33. The maximum Gasteiger partial charge on any atom is 1.00 e. The van der Waals surface area contributed by atoms with Gasteiger partial charge in [-0.2, -0.15) is 0 Å². The van der Waals surface area contributed by atoms with Crippen molar-refractivity contribution in [3.8, 4) is 23.0 Å². The van der Waals surface area contributed by atoms with E-state index < -0.39 is 12.1 Å². The number of halogens is 1. The molecule has 33 heavy (non-hydrogen) atoms. The number of hydrogen-bond donors (Lipinski definition) is 0. The zero-order chi connectivity index (χ0) is 23.6. The van der Waals surface area contributed by atoms with E-state index in [9.17, 15) is 4.79 Å². The molecule has 0 saturated heterocycles. The monoisotopic (exact) mass is 576 g/mol. The van der Waals surface area contributed by atoms with Crippen LogP contribution in [0.5, 0.6) is 23.0 Å². The molecular formula is C21H23BrK2O9. The fourth-order valence-electron chi connectivity index (χ4n) is 2.39. The number of carbonyl (C=O) groups excluding carboxylic acids is 2. The summed E-state index contributed by atoms with van der Waals surface area (Å²) in [5.74, 6) is 1.77. The molecule has 2 rings (SSSR count). The van der Waals surface area contributed by atoms with Crippen LogP contribution in [-0.4, -0.2) is 39.6 Å². The van der Waals surface area contributed by atoms with Crippen LogP contribution in [0.1, 0.15) is 29.8 Å². The number of carboxylic acid groups (broad SMARTS) is 2. The molecule has 0 aliphatic rings. The Kier molecular flexibility index (Phi) is 19.7. The molecule has 2 aromatic carbocycles. The average molecular weight is 578 g/mol. The summed E-state index contributed by atoms with van der Waals surface area (Å²) in [4.78, 5) is 20.2. The van der Waals surface area contributed by atoms with E-state index in [0.29, 0.717) is 35.2 Å². The maximum atomic E-state index is 11.9. The van der Waals surface area contributed by atoms with Crippen LogP contribution in [0.25, 0.3) is 0 Å². The van der Waals surface area contributed by atoms with E-state index in [2.05, 4.69) is 15.9 Å². The molecule has 9 nitrogen and oxygen atoms in total. The van der Waals surface area contributed by atoms with Crippen LogP contribution in [0.2, 0.25) is 0 Å². The summed E-state index contributed by atoms with van der Waals surface area (Å²) in [6.07, 6.45) is -2.43. The third-order valence-electron chi connectivity index (χ3n) is 3.67. The molecule has 0 spiro atoms. The smallest absolute Gasteiger partial charge is 0.652 e. The van der Waals surface area contributed by atoms with Gasteiger partial charge in [-0.25, -0.2) is 4.79 Å². The van der Waals surface area contributed by atoms with Crippen molar-refractivity contribution in [1.29, 1.82) is 0 Å². The Balaban J connectivity index is 0. The zero-order valence-electron chi connectivity index (χ0n) is 19.7. The summed E-state index contributed by atoms with van der Waals surface area (Å²) in [5, 5.41) is 16.7. The van der Waals surface area contributed by atoms with Crippen LogP contribution in [0.3, 0.4) is 0 Å². The van der Waals surface area contributed by atoms with Gasteiger partial charge in [0.05, 0.1) is 27.4 Å². The van der Waals surface area contributed by atoms with Gasteiger partial charge in [-0.05, 0) is 44.3 Å². The first kappa shape index (κ1) is 35.3. The zero-order valence-corrected chi connectivity index (χ0v) is 27.6. The molecule has 0 aliphatic carbocycles. The Labute approximate surface area is 286 Å². The van der Waals surface area contributed by atoms with Gasteiger partial charge < -0.3 is 38.7 Å². The summed E-state index contributed by atoms with van der Waals surface area (Å²) in [6.45, 7) is 4.06. The van der Waals surface area contributed by atoms with Crippen molar-refractivity contribution in [1.82, 2.24) is 0 Å². The average Bonchev–Trinajstić information content (AvgIpc) is 2.71. The normalized spacial score (nSPS) is 9.30. The van der Waals surface area contributed by atoms with Crippen molar-refractivity contribution in [2.45, 2.75) is 26.6 Å². The molecule has 0 fully saturated rings. The molecule has 0 radical (unpaired) electrons. The molecule has 0 N–H and O–H groups in total. The van der Waals surface area contributed by atoms with E-state index >= 15 is 0 Å². The van der Waals surface area contributed by atoms with E-state index in [1.807, 2.05) is 26.0 Å². The van der Waals surface area contributed by atoms with Crippen molar-refractivity contribution in [2.24, 2.45) is 0 Å². The van der Waals surface area contributed by atoms with Crippen LogP contribution in [0.4, 0.5) is 4.79 Å². The van der Waals surface area contributed by atoms with Gasteiger partial charge in [-0.3, -0.25) is 0 Å². The first-order valence-corrected chi connectivity index (χ1v) is 9.72. The van der Waals surface area contributed by atoms with Gasteiger partial charge in [0.2, 0.25) is 0 Å². The third kappa shape index (κ3) is 12.6. The molecule has 0 heterocycles. The fraction of sp³-hybridized carbons (Fsp3) is 0.333. The summed E-state index contributed by atoms with van der Waals surface area (Å²) in [7, 11) is 4.50. The Morgan fingerprint density at radius 3 is 1.97 bits per heavy atom. The molecule has 0 bridgehead atoms. The van der Waals surface area contributed by atoms with Gasteiger partial charge in [-0.15, -0.1) is 0 Å². The molecule has 0 aliphatic heterocycles. The largest absolute Gasteiger partial charge is 1.00 e. The number of hydrogen-bond acceptors (Lipinski definition) is 9. The van der Waals surface area contributed by atoms with E-state index in [1.165, 1.54) is 7.11 Å². The number of rotatable bonds is 8. The minimum Gasteiger partial charge on any atom is -0.652 e. The molecule has 0 aromatic heterocycles. The van der Waals surface area contributed by atoms with Gasteiger partial charge in [0, 0.05) is 16.1 Å². The Hall–Kier alpha value is 0.133. The maximum absolute atomic E-state index is 11.9. The van der Waals surface area contributed by atoms with Crippen LogP contribution in [-0.2, 0) is 11.3 Å². The number of esters is 1. The van der Waals surface area contributed by atoms with E-state index in [0.717, 1.165) is 10.0 Å². The Bertz CT molecular complexity index is 904. The second-order valence-electron chi connectivity index (χ2n) is 6.15. The summed E-state index contributed by atoms with van der Waals surface area (Å²) >= 11 is 3.51. The van der Waals surface area contributed by atoms with Crippen LogP contribution in [0, 0.1) is 0 Å². The Morgan fingerprint density at radius 1 is 0.939 bits per heavy atom. The van der Waals surface area contributed by atoms with E-state index in [4.69, 9.17) is 38.7 Å². The number of benzene rings is 2. The van der Waals surface area contributed by atoms with E-state index in [-0.39, 0.29) is 109 Å². The van der Waals surface area contributed by atoms with Gasteiger partial charge >= 0.3 is 109 Å². The summed E-state index contributed by atoms with van der Waals surface area (Å²) < 4.78 is 27.8. The first-order chi connectivity index (χ1) is 14.6. The second kappa shape index (κ2) is 18.4. The molecule has 12 heteroatoms. The van der Waals surface area contributed by atoms with Crippen molar-refractivity contribution < 1.29 is 146 Å². The van der Waals surface area contributed by atoms with Gasteiger partial charge in [-0.1, -0.05) is 15.9 Å². The van der Waals surface area contributed by atoms with Crippen LogP contribution < -0.4 is 132 Å². The summed E-state index contributed by atoms with van der Waals surface area (Å²) in [6, 6.07) is 8.68. The Morgan fingerprint density at radius 2 is 1.48 bits per heavy atom. The molecule has 2 aromatic rings. The van der Waals surface area contributed by atoms with Gasteiger partial charge in [0.1, 0.15) is 23.7 Å². The molecule has 0 atom stereocenters. The quantitative estimate of drug-likeness (QED) is 0.229. The fourth-order valence-corrected chi connectivity index (χ4v) is 2.83. The molecule has 170 valence electrons. The predicted molar refractivity (Wildman–Crippen MR) is 111 cm³/mol. The molecule has 0 unspecified atom stereocenters. The number of methoxy groups -OCH3 is 3. The van der Waals surface area contributed by atoms with Crippen LogP contribution >= 0.6 is 15.9 Å². The van der Waals surface area contributed by atoms with Gasteiger partial charge in [0.25, 0.3) is 0 Å². The number of carbonyl (C=O) groups is 2. The van der Waals surface area contributed by atoms with Crippen molar-refractivity contribution in [3.05, 3.63) is 45.9 Å². The van der Waals surface area contributed by atoms with Crippen LogP contribution in [0.15, 0.2) is 34.8 Å². The van der Waals surface area contributed by atoms with Crippen molar-refractivity contribution in [2.75, 3.05) is 21.3 Å². The molecule has 0 saturated carbocycles. The second-order valence-corrected chi connectivity index (χ2v) is 7.01. The predicted octanol–water partition coefficient (Wildman–Crippen LogP) is -3.82. The minimum absolute atomic E-state index is 0. The molecular weight excluding hydrogens is 554 g/mol. The first-order valence-electron chi connectivity index (χ1n) is 8.93. The number of ether oxygens (including phenoxy) is 5. The SMILES string of the molecule is COC(=O)c1ccc(OCc2cc(OC)c(OC)cc2Br)cc1OC(C)C.O=C([O-])[O-].[K+].[K+]. The van der Waals surface area contributed by atoms with E-state index in [1.54, 1.807) is 32.4 Å². The topological polar surface area (TPSA) is 126 Å². The van der Waals surface area contributed by atoms with Crippen molar-refractivity contribution in [3.63, 3.8) is 0 Å². The van der Waals surface area contributed by atoms with Crippen molar-refractivity contribution >= 4 is 28.1 Å². The third-order valence-corrected chi connectivity index (χ3v) is 4.41. The standard InChI is InChI=1S/C20H23BrO6.CH2O3.2K/c1-12(2)27-17-9-14(6-7-15(17)20(22)25-5)26-11-13-8-18(23-3)19(24-4)10-16(13)21;2-1(3)4;;/h6-10,12H,11H2,1-5H3;(H2,2,3,4);;/q;;2*+1/p-2. The molecule has 0 amide bonds. The summed E-state index contributed by atoms with van der Waals surface area (Å²) in [5.41, 5.74) is 1.24. The van der Waals surface area contributed by atoms with Gasteiger partial charge in [0.15, 0.2) is 11.5 Å².